The molecule has 0 unspecified atom stereocenters. The molecule has 0 N–H and O–H groups in total. The van der Waals surface area contributed by atoms with Gasteiger partial charge in [0.25, 0.3) is 0 Å². The smallest absolute Gasteiger partial charge is 0.330 e. The molecule has 0 radical (unpaired) electrons. The van der Waals surface area contributed by atoms with E-state index in [1.54, 1.807) is 30.3 Å². The van der Waals surface area contributed by atoms with Gasteiger partial charge in [0.1, 0.15) is 11.6 Å². The van der Waals surface area contributed by atoms with Gasteiger partial charge in [-0.25, -0.2) is 13.6 Å². The monoisotopic (exact) mass is 315 g/mol. The van der Waals surface area contributed by atoms with Crippen molar-refractivity contribution in [2.45, 2.75) is 6.42 Å². The van der Waals surface area contributed by atoms with E-state index >= 15 is 0 Å². The predicted molar refractivity (Wildman–Crippen MR) is 83.2 cm³/mol. The first kappa shape index (κ1) is 18.1. The average Bonchev–Trinajstić information content (AvgIpc) is 2.55. The van der Waals surface area contributed by atoms with Crippen LogP contribution in [0.5, 0.6) is 0 Å². The number of ether oxygens (including phenoxy) is 1. The van der Waals surface area contributed by atoms with Crippen molar-refractivity contribution in [1.29, 1.82) is 5.26 Å². The Morgan fingerprint density at radius 1 is 1.17 bits per heavy atom. The molecule has 0 fully saturated rings. The first-order valence-electron chi connectivity index (χ1n) is 6.68. The first-order valence-corrected chi connectivity index (χ1v) is 6.68. The molecule has 0 aliphatic heterocycles. The number of carbonyl (C=O) groups is 1. The van der Waals surface area contributed by atoms with Crippen molar-refractivity contribution in [2.75, 3.05) is 7.11 Å². The minimum atomic E-state index is -0.427. The SMILES string of the molecule is COC(=O)/C=C/c1ccc(F)cc1.N#CCc1cccc(F)c1. The number of nitrogens with zero attached hydrogens (tertiary/aromatic N) is 1. The van der Waals surface area contributed by atoms with E-state index in [-0.39, 0.29) is 18.1 Å². The molecule has 0 heterocycles. The zero-order valence-electron chi connectivity index (χ0n) is 12.5. The molecule has 0 aromatic heterocycles. The second-order valence-corrected chi connectivity index (χ2v) is 4.37. The Morgan fingerprint density at radius 3 is 2.43 bits per heavy atom. The summed E-state index contributed by atoms with van der Waals surface area (Å²) in [5, 5.41) is 8.24. The van der Waals surface area contributed by atoms with Crippen molar-refractivity contribution in [3.8, 4) is 6.07 Å². The molecule has 2 rings (SSSR count). The largest absolute Gasteiger partial charge is 0.466 e. The van der Waals surface area contributed by atoms with Gasteiger partial charge in [0.2, 0.25) is 0 Å². The van der Waals surface area contributed by atoms with Crippen LogP contribution in [0.3, 0.4) is 0 Å². The highest BCUT2D eigenvalue weighted by atomic mass is 19.1. The molecule has 0 amide bonds. The first-order chi connectivity index (χ1) is 11.0. The van der Waals surface area contributed by atoms with Crippen LogP contribution in [0.25, 0.3) is 6.08 Å². The summed E-state index contributed by atoms with van der Waals surface area (Å²) in [6.45, 7) is 0. The summed E-state index contributed by atoms with van der Waals surface area (Å²) in [4.78, 5) is 10.7. The van der Waals surface area contributed by atoms with Gasteiger partial charge in [-0.3, -0.25) is 0 Å². The Hall–Kier alpha value is -3.00. The number of hydrogen-bond acceptors (Lipinski definition) is 3. The Bertz CT molecular complexity index is 704. The summed E-state index contributed by atoms with van der Waals surface area (Å²) in [6.07, 6.45) is 3.12. The molecule has 3 nitrogen and oxygen atoms in total. The molecular weight excluding hydrogens is 300 g/mol. The predicted octanol–water partition coefficient (Wildman–Crippen LogP) is 3.90. The molecule has 118 valence electrons. The van der Waals surface area contributed by atoms with Crippen molar-refractivity contribution in [3.05, 3.63) is 77.4 Å². The van der Waals surface area contributed by atoms with E-state index in [1.165, 1.54) is 37.5 Å². The highest BCUT2D eigenvalue weighted by Crippen LogP contribution is 2.04. The van der Waals surface area contributed by atoms with Crippen LogP contribution < -0.4 is 0 Å². The van der Waals surface area contributed by atoms with E-state index < -0.39 is 5.97 Å². The van der Waals surface area contributed by atoms with Crippen molar-refractivity contribution in [1.82, 2.24) is 0 Å². The molecule has 0 aliphatic carbocycles. The van der Waals surface area contributed by atoms with Gasteiger partial charge >= 0.3 is 5.97 Å². The number of halogens is 2. The van der Waals surface area contributed by atoms with Crippen LogP contribution >= 0.6 is 0 Å². The van der Waals surface area contributed by atoms with Gasteiger partial charge < -0.3 is 4.74 Å². The van der Waals surface area contributed by atoms with Crippen LogP contribution in [0.4, 0.5) is 8.78 Å². The molecule has 0 saturated heterocycles. The van der Waals surface area contributed by atoms with Crippen molar-refractivity contribution < 1.29 is 18.3 Å². The average molecular weight is 315 g/mol. The van der Waals surface area contributed by atoms with E-state index in [0.717, 1.165) is 11.1 Å². The van der Waals surface area contributed by atoms with Gasteiger partial charge in [-0.15, -0.1) is 0 Å². The van der Waals surface area contributed by atoms with Crippen LogP contribution in [0.15, 0.2) is 54.6 Å². The van der Waals surface area contributed by atoms with Crippen LogP contribution in [0.2, 0.25) is 0 Å². The third-order valence-electron chi connectivity index (χ3n) is 2.66. The molecule has 0 bridgehead atoms. The molecule has 2 aromatic carbocycles. The Labute approximate surface area is 133 Å². The summed E-state index contributed by atoms with van der Waals surface area (Å²) in [5.41, 5.74) is 1.48. The van der Waals surface area contributed by atoms with Crippen LogP contribution in [-0.2, 0) is 16.0 Å². The maximum Gasteiger partial charge on any atom is 0.330 e. The highest BCUT2D eigenvalue weighted by molar-refractivity contribution is 5.86. The topological polar surface area (TPSA) is 50.1 Å². The summed E-state index contributed by atoms with van der Waals surface area (Å²) in [7, 11) is 1.30. The number of benzene rings is 2. The zero-order chi connectivity index (χ0) is 17.1. The molecule has 2 aromatic rings. The normalized spacial score (nSPS) is 9.65. The quantitative estimate of drug-likeness (QED) is 0.637. The van der Waals surface area contributed by atoms with Gasteiger partial charge in [-0.2, -0.15) is 5.26 Å². The lowest BCUT2D eigenvalue weighted by Gasteiger charge is -1.92. The summed E-state index contributed by atoms with van der Waals surface area (Å²) in [5.74, 6) is -1.01. The van der Waals surface area contributed by atoms with Crippen molar-refractivity contribution >= 4 is 12.0 Å². The Kier molecular flexibility index (Phi) is 7.73. The minimum absolute atomic E-state index is 0.276. The number of carbonyl (C=O) groups excluding carboxylic acids is 1. The summed E-state index contributed by atoms with van der Waals surface area (Å²) in [6, 6.07) is 13.8. The van der Waals surface area contributed by atoms with E-state index in [9.17, 15) is 13.6 Å². The minimum Gasteiger partial charge on any atom is -0.466 e. The maximum absolute atomic E-state index is 12.4. The number of nitriles is 1. The lowest BCUT2D eigenvalue weighted by Crippen LogP contribution is -1.93. The van der Waals surface area contributed by atoms with Crippen LogP contribution in [0, 0.1) is 23.0 Å². The maximum atomic E-state index is 12.4. The van der Waals surface area contributed by atoms with E-state index in [0.29, 0.717) is 0 Å². The highest BCUT2D eigenvalue weighted by Gasteiger charge is 1.92. The van der Waals surface area contributed by atoms with Gasteiger partial charge in [-0.1, -0.05) is 24.3 Å². The lowest BCUT2D eigenvalue weighted by molar-refractivity contribution is -0.134. The molecule has 23 heavy (non-hydrogen) atoms. The van der Waals surface area contributed by atoms with E-state index in [2.05, 4.69) is 4.74 Å². The molecule has 0 spiro atoms. The summed E-state index contributed by atoms with van der Waals surface area (Å²) >= 11 is 0. The molecule has 0 atom stereocenters. The fourth-order valence-corrected chi connectivity index (χ4v) is 1.54. The van der Waals surface area contributed by atoms with E-state index in [1.807, 2.05) is 6.07 Å². The molecule has 5 heteroatoms. The summed E-state index contributed by atoms with van der Waals surface area (Å²) < 4.78 is 29.2. The molecular formula is C18H15F2NO2. The fraction of sp³-hybridized carbons (Fsp3) is 0.111. The second kappa shape index (κ2) is 9.85. The number of hydrogen-bond donors (Lipinski definition) is 0. The third kappa shape index (κ3) is 7.53. The van der Waals surface area contributed by atoms with E-state index in [4.69, 9.17) is 5.26 Å². The fourth-order valence-electron chi connectivity index (χ4n) is 1.54. The lowest BCUT2D eigenvalue weighted by atomic mass is 10.2. The number of esters is 1. The van der Waals surface area contributed by atoms with Gasteiger partial charge in [-0.05, 0) is 41.5 Å². The van der Waals surface area contributed by atoms with Crippen molar-refractivity contribution in [3.63, 3.8) is 0 Å². The Morgan fingerprint density at radius 2 is 1.87 bits per heavy atom. The van der Waals surface area contributed by atoms with Gasteiger partial charge in [0, 0.05) is 6.08 Å². The standard InChI is InChI=1S/C10H9FO2.C8H6FN/c1-13-10(12)7-4-8-2-5-9(11)6-3-8;9-8-3-1-2-7(6-8)4-5-10/h2-7H,1H3;1-3,6H,4H2/b7-4+;. The van der Waals surface area contributed by atoms with Crippen LogP contribution in [-0.4, -0.2) is 13.1 Å². The number of rotatable bonds is 3. The van der Waals surface area contributed by atoms with Gasteiger partial charge in [0.05, 0.1) is 19.6 Å². The van der Waals surface area contributed by atoms with Crippen molar-refractivity contribution in [2.24, 2.45) is 0 Å². The van der Waals surface area contributed by atoms with Crippen LogP contribution in [0.1, 0.15) is 11.1 Å². The Balaban J connectivity index is 0.000000238. The van der Waals surface area contributed by atoms with Gasteiger partial charge in [0.15, 0.2) is 0 Å². The molecule has 0 aliphatic rings. The second-order valence-electron chi connectivity index (χ2n) is 4.37. The zero-order valence-corrected chi connectivity index (χ0v) is 12.5. The number of methoxy groups -OCH3 is 1. The molecule has 0 saturated carbocycles. The third-order valence-corrected chi connectivity index (χ3v) is 2.66.